The van der Waals surface area contributed by atoms with Crippen molar-refractivity contribution in [3.05, 3.63) is 29.8 Å². The van der Waals surface area contributed by atoms with Gasteiger partial charge in [-0.2, -0.15) is 0 Å². The molecule has 1 aromatic carbocycles. The summed E-state index contributed by atoms with van der Waals surface area (Å²) in [5, 5.41) is 3.01. The second-order valence-corrected chi connectivity index (χ2v) is 6.76. The Hall–Kier alpha value is -1.26. The topological polar surface area (TPSA) is 64.4 Å². The van der Waals surface area contributed by atoms with Crippen LogP contribution < -0.4 is 15.8 Å². The van der Waals surface area contributed by atoms with Crippen LogP contribution in [0, 0.1) is 5.92 Å². The lowest BCUT2D eigenvalue weighted by Crippen LogP contribution is -2.54. The van der Waals surface area contributed by atoms with Crippen molar-refractivity contribution in [3.63, 3.8) is 0 Å². The molecule has 0 bridgehead atoms. The fourth-order valence-electron chi connectivity index (χ4n) is 3.04. The molecule has 2 fully saturated rings. The van der Waals surface area contributed by atoms with Gasteiger partial charge in [-0.3, -0.25) is 4.79 Å². The third-order valence-electron chi connectivity index (χ3n) is 4.78. The first-order chi connectivity index (χ1) is 10.7. The molecule has 2 saturated carbocycles. The summed E-state index contributed by atoms with van der Waals surface area (Å²) in [7, 11) is 0. The van der Waals surface area contributed by atoms with Crippen LogP contribution in [0.3, 0.4) is 0 Å². The average Bonchev–Trinajstić information content (AvgIpc) is 3.36. The second kappa shape index (κ2) is 8.02. The van der Waals surface area contributed by atoms with Crippen molar-refractivity contribution >= 4 is 18.3 Å². The van der Waals surface area contributed by atoms with Crippen LogP contribution in [0.1, 0.15) is 50.5 Å². The van der Waals surface area contributed by atoms with E-state index < -0.39 is 5.54 Å². The number of amides is 1. The summed E-state index contributed by atoms with van der Waals surface area (Å²) in [6.45, 7) is 1.27. The van der Waals surface area contributed by atoms with Crippen molar-refractivity contribution in [2.45, 2.75) is 57.0 Å². The number of nitrogens with one attached hydrogen (secondary N) is 1. The zero-order valence-corrected chi connectivity index (χ0v) is 14.4. The lowest BCUT2D eigenvalue weighted by molar-refractivity contribution is -0.127. The highest BCUT2D eigenvalue weighted by Gasteiger charge is 2.35. The summed E-state index contributed by atoms with van der Waals surface area (Å²) in [5.74, 6) is 1.57. The third-order valence-corrected chi connectivity index (χ3v) is 4.78. The van der Waals surface area contributed by atoms with Crippen molar-refractivity contribution < 1.29 is 9.53 Å². The summed E-state index contributed by atoms with van der Waals surface area (Å²) < 4.78 is 5.88. The molecule has 0 aromatic heterocycles. The molecule has 1 amide bonds. The Morgan fingerprint density at radius 2 is 1.91 bits per heavy atom. The van der Waals surface area contributed by atoms with Gasteiger partial charge in [0.25, 0.3) is 0 Å². The number of para-hydroxylation sites is 1. The molecule has 0 unspecified atom stereocenters. The summed E-state index contributed by atoms with van der Waals surface area (Å²) >= 11 is 0. The van der Waals surface area contributed by atoms with E-state index in [9.17, 15) is 4.79 Å². The molecular formula is C18H27ClN2O2. The van der Waals surface area contributed by atoms with E-state index >= 15 is 0 Å². The van der Waals surface area contributed by atoms with Crippen molar-refractivity contribution in [2.24, 2.45) is 11.7 Å². The van der Waals surface area contributed by atoms with Gasteiger partial charge in [0.05, 0.1) is 12.1 Å². The largest absolute Gasteiger partial charge is 0.493 e. The molecule has 0 aliphatic heterocycles. The molecule has 0 heterocycles. The molecule has 4 nitrogen and oxygen atoms in total. The van der Waals surface area contributed by atoms with Gasteiger partial charge < -0.3 is 15.8 Å². The molecule has 2 aliphatic rings. The van der Waals surface area contributed by atoms with Crippen molar-refractivity contribution in [3.8, 4) is 5.75 Å². The van der Waals surface area contributed by atoms with Crippen LogP contribution in [0.4, 0.5) is 0 Å². The van der Waals surface area contributed by atoms with Crippen LogP contribution in [0.15, 0.2) is 24.3 Å². The van der Waals surface area contributed by atoms with E-state index in [0.29, 0.717) is 6.54 Å². The molecule has 3 rings (SSSR count). The Kier molecular flexibility index (Phi) is 6.31. The molecule has 0 atom stereocenters. The van der Waals surface area contributed by atoms with E-state index in [4.69, 9.17) is 10.5 Å². The van der Waals surface area contributed by atoms with Gasteiger partial charge in [0.15, 0.2) is 0 Å². The van der Waals surface area contributed by atoms with E-state index in [1.54, 1.807) is 0 Å². The van der Waals surface area contributed by atoms with E-state index in [0.717, 1.165) is 49.5 Å². The minimum absolute atomic E-state index is 0. The highest BCUT2D eigenvalue weighted by atomic mass is 35.5. The predicted octanol–water partition coefficient (Wildman–Crippen LogP) is 3.18. The van der Waals surface area contributed by atoms with E-state index in [2.05, 4.69) is 5.32 Å². The number of carbonyl (C=O) groups is 1. The number of ether oxygens (including phenoxy) is 1. The molecule has 2 aliphatic carbocycles. The fraction of sp³-hybridized carbons (Fsp3) is 0.611. The first-order valence-corrected chi connectivity index (χ1v) is 8.45. The van der Waals surface area contributed by atoms with Gasteiger partial charge in [-0.05, 0) is 37.7 Å². The van der Waals surface area contributed by atoms with Crippen molar-refractivity contribution in [1.82, 2.24) is 5.32 Å². The van der Waals surface area contributed by atoms with E-state index in [-0.39, 0.29) is 18.3 Å². The maximum absolute atomic E-state index is 12.4. The number of hydrogen-bond donors (Lipinski definition) is 2. The van der Waals surface area contributed by atoms with E-state index in [1.165, 1.54) is 19.3 Å². The Morgan fingerprint density at radius 3 is 2.61 bits per heavy atom. The highest BCUT2D eigenvalue weighted by Crippen LogP contribution is 2.30. The fourth-order valence-corrected chi connectivity index (χ4v) is 3.04. The van der Waals surface area contributed by atoms with Gasteiger partial charge in [0, 0.05) is 12.1 Å². The summed E-state index contributed by atoms with van der Waals surface area (Å²) in [4.78, 5) is 12.4. The molecule has 5 heteroatoms. The monoisotopic (exact) mass is 338 g/mol. The van der Waals surface area contributed by atoms with Gasteiger partial charge in [-0.25, -0.2) is 0 Å². The summed E-state index contributed by atoms with van der Waals surface area (Å²) in [5.41, 5.74) is 6.61. The maximum atomic E-state index is 12.4. The van der Waals surface area contributed by atoms with Gasteiger partial charge in [0.1, 0.15) is 5.75 Å². The third kappa shape index (κ3) is 4.85. The summed E-state index contributed by atoms with van der Waals surface area (Å²) in [6.07, 6.45) is 7.40. The molecule has 128 valence electrons. The highest BCUT2D eigenvalue weighted by molar-refractivity contribution is 5.86. The van der Waals surface area contributed by atoms with E-state index in [1.807, 2.05) is 24.3 Å². The molecule has 0 spiro atoms. The summed E-state index contributed by atoms with van der Waals surface area (Å²) in [6, 6.07) is 7.93. The predicted molar refractivity (Wildman–Crippen MR) is 93.8 cm³/mol. The average molecular weight is 339 g/mol. The molecular weight excluding hydrogens is 312 g/mol. The minimum Gasteiger partial charge on any atom is -0.493 e. The minimum atomic E-state index is -0.679. The Labute approximate surface area is 144 Å². The first-order valence-electron chi connectivity index (χ1n) is 8.45. The second-order valence-electron chi connectivity index (χ2n) is 6.76. The Morgan fingerprint density at radius 1 is 1.22 bits per heavy atom. The molecule has 1 aromatic rings. The Balaban J connectivity index is 0.00000192. The SMILES string of the molecule is Cl.NC1(C(=O)NCc2ccccc2OCC2CC2)CCCCC1. The number of carbonyl (C=O) groups excluding carboxylic acids is 1. The van der Waals surface area contributed by atoms with Gasteiger partial charge in [-0.1, -0.05) is 37.5 Å². The standard InChI is InChI=1S/C18H26N2O2.ClH/c19-18(10-4-1-5-11-18)17(21)20-12-15-6-2-3-7-16(15)22-13-14-8-9-14;/h2-3,6-7,14H,1,4-5,8-13,19H2,(H,20,21);1H. The number of rotatable bonds is 6. The molecule has 23 heavy (non-hydrogen) atoms. The zero-order chi connectivity index (χ0) is 15.4. The smallest absolute Gasteiger partial charge is 0.240 e. The van der Waals surface area contributed by atoms with Crippen molar-refractivity contribution in [1.29, 1.82) is 0 Å². The first kappa shape index (κ1) is 18.1. The van der Waals surface area contributed by atoms with Crippen LogP contribution in [-0.2, 0) is 11.3 Å². The van der Waals surface area contributed by atoms with Gasteiger partial charge >= 0.3 is 0 Å². The number of hydrogen-bond acceptors (Lipinski definition) is 3. The van der Waals surface area contributed by atoms with Gasteiger partial charge in [0.2, 0.25) is 5.91 Å². The van der Waals surface area contributed by atoms with Crippen LogP contribution in [0.25, 0.3) is 0 Å². The molecule has 3 N–H and O–H groups in total. The number of nitrogens with two attached hydrogens (primary N) is 1. The Bertz CT molecular complexity index is 526. The molecule has 0 saturated heterocycles. The number of halogens is 1. The van der Waals surface area contributed by atoms with Crippen LogP contribution in [-0.4, -0.2) is 18.1 Å². The zero-order valence-electron chi connectivity index (χ0n) is 13.6. The lowest BCUT2D eigenvalue weighted by atomic mass is 9.82. The molecule has 0 radical (unpaired) electrons. The van der Waals surface area contributed by atoms with Crippen LogP contribution >= 0.6 is 12.4 Å². The van der Waals surface area contributed by atoms with Crippen LogP contribution in [0.2, 0.25) is 0 Å². The van der Waals surface area contributed by atoms with Crippen LogP contribution in [0.5, 0.6) is 5.75 Å². The van der Waals surface area contributed by atoms with Crippen molar-refractivity contribution in [2.75, 3.05) is 6.61 Å². The quantitative estimate of drug-likeness (QED) is 0.837. The van der Waals surface area contributed by atoms with Gasteiger partial charge in [-0.15, -0.1) is 12.4 Å². The maximum Gasteiger partial charge on any atom is 0.240 e. The lowest BCUT2D eigenvalue weighted by Gasteiger charge is -2.31. The normalized spacial score (nSPS) is 19.5. The number of benzene rings is 1.